The molecule has 25 heavy (non-hydrogen) atoms. The summed E-state index contributed by atoms with van der Waals surface area (Å²) in [7, 11) is 1.85. The van der Waals surface area contributed by atoms with E-state index in [0.29, 0.717) is 19.5 Å². The molecular weight excluding hydrogens is 316 g/mol. The van der Waals surface area contributed by atoms with Crippen molar-refractivity contribution in [2.24, 2.45) is 0 Å². The average molecular weight is 344 g/mol. The lowest BCUT2D eigenvalue weighted by atomic mass is 10.1. The fraction of sp³-hybridized carbons (Fsp3) is 0.500. The molecule has 2 rings (SSSR count). The maximum absolute atomic E-state index is 12.4. The van der Waals surface area contributed by atoms with Crippen molar-refractivity contribution in [1.29, 1.82) is 0 Å². The Morgan fingerprint density at radius 2 is 1.92 bits per heavy atom. The second kappa shape index (κ2) is 9.25. The van der Waals surface area contributed by atoms with E-state index in [1.54, 1.807) is 4.90 Å². The van der Waals surface area contributed by atoms with Crippen LogP contribution in [0.2, 0.25) is 0 Å². The number of benzene rings is 1. The first-order valence-electron chi connectivity index (χ1n) is 9.00. The molecule has 1 aromatic heterocycles. The van der Waals surface area contributed by atoms with Gasteiger partial charge in [-0.1, -0.05) is 31.5 Å². The Bertz CT molecular complexity index is 721. The molecule has 1 aromatic carbocycles. The number of fused-ring (bicyclic) bond motifs is 1. The van der Waals surface area contributed by atoms with Crippen LogP contribution in [0.3, 0.4) is 0 Å². The number of nitrogens with zero attached hydrogens (tertiary/aromatic N) is 1. The van der Waals surface area contributed by atoms with Gasteiger partial charge in [0.2, 0.25) is 11.8 Å². The van der Waals surface area contributed by atoms with Crippen molar-refractivity contribution in [3.05, 3.63) is 35.6 Å². The van der Waals surface area contributed by atoms with E-state index in [9.17, 15) is 9.59 Å². The van der Waals surface area contributed by atoms with E-state index >= 15 is 0 Å². The SMILES string of the molecule is CCc1oc2ccccc2c1CN(C)C(=O)CCCCCNC(C)=O. The van der Waals surface area contributed by atoms with Crippen LogP contribution in [0.4, 0.5) is 0 Å². The number of unbranched alkanes of at least 4 members (excludes halogenated alkanes) is 2. The number of aryl methyl sites for hydroxylation is 1. The van der Waals surface area contributed by atoms with Crippen LogP contribution in [-0.2, 0) is 22.6 Å². The molecule has 0 saturated carbocycles. The van der Waals surface area contributed by atoms with Crippen LogP contribution in [0, 0.1) is 0 Å². The number of hydrogen-bond donors (Lipinski definition) is 1. The number of carbonyl (C=O) groups is 2. The zero-order chi connectivity index (χ0) is 18.2. The van der Waals surface area contributed by atoms with Crippen LogP contribution in [0.25, 0.3) is 11.0 Å². The van der Waals surface area contributed by atoms with Crippen molar-refractivity contribution < 1.29 is 14.0 Å². The van der Waals surface area contributed by atoms with Gasteiger partial charge in [0.1, 0.15) is 11.3 Å². The lowest BCUT2D eigenvalue weighted by Crippen LogP contribution is -2.26. The van der Waals surface area contributed by atoms with E-state index < -0.39 is 0 Å². The Morgan fingerprint density at radius 1 is 1.16 bits per heavy atom. The van der Waals surface area contributed by atoms with Gasteiger partial charge < -0.3 is 14.6 Å². The zero-order valence-corrected chi connectivity index (χ0v) is 15.4. The van der Waals surface area contributed by atoms with Crippen LogP contribution >= 0.6 is 0 Å². The number of furan rings is 1. The minimum Gasteiger partial charge on any atom is -0.461 e. The highest BCUT2D eigenvalue weighted by Crippen LogP contribution is 2.27. The summed E-state index contributed by atoms with van der Waals surface area (Å²) in [4.78, 5) is 24.9. The predicted octanol–water partition coefficient (Wildman–Crippen LogP) is 3.65. The van der Waals surface area contributed by atoms with E-state index in [0.717, 1.165) is 48.0 Å². The van der Waals surface area contributed by atoms with Gasteiger partial charge in [-0.05, 0) is 18.9 Å². The summed E-state index contributed by atoms with van der Waals surface area (Å²) in [5.41, 5.74) is 1.99. The third-order valence-electron chi connectivity index (χ3n) is 4.37. The van der Waals surface area contributed by atoms with Crippen LogP contribution in [-0.4, -0.2) is 30.3 Å². The Hall–Kier alpha value is -2.30. The molecule has 0 atom stereocenters. The molecule has 5 heteroatoms. The van der Waals surface area contributed by atoms with E-state index in [2.05, 4.69) is 12.2 Å². The molecule has 0 aliphatic heterocycles. The quantitative estimate of drug-likeness (QED) is 0.706. The zero-order valence-electron chi connectivity index (χ0n) is 15.4. The summed E-state index contributed by atoms with van der Waals surface area (Å²) in [5, 5.41) is 3.86. The van der Waals surface area contributed by atoms with Crippen LogP contribution in [0.1, 0.15) is 50.9 Å². The van der Waals surface area contributed by atoms with Crippen molar-refractivity contribution in [1.82, 2.24) is 10.2 Å². The number of amides is 2. The Labute approximate surface area is 149 Å². The van der Waals surface area contributed by atoms with E-state index in [1.165, 1.54) is 6.92 Å². The van der Waals surface area contributed by atoms with Crippen LogP contribution in [0.5, 0.6) is 0 Å². The standard InChI is InChI=1S/C20H28N2O3/c1-4-18-17(16-10-7-8-11-19(16)25-18)14-22(3)20(24)12-6-5-9-13-21-15(2)23/h7-8,10-11H,4-6,9,12-14H2,1-3H3,(H,21,23). The molecular formula is C20H28N2O3. The molecule has 1 N–H and O–H groups in total. The van der Waals surface area contributed by atoms with Crippen molar-refractivity contribution in [3.8, 4) is 0 Å². The molecule has 0 aliphatic rings. The van der Waals surface area contributed by atoms with Gasteiger partial charge in [-0.15, -0.1) is 0 Å². The van der Waals surface area contributed by atoms with Gasteiger partial charge >= 0.3 is 0 Å². The van der Waals surface area contributed by atoms with Crippen molar-refractivity contribution in [2.75, 3.05) is 13.6 Å². The second-order valence-corrected chi connectivity index (χ2v) is 6.40. The highest BCUT2D eigenvalue weighted by atomic mass is 16.3. The molecule has 136 valence electrons. The predicted molar refractivity (Wildman–Crippen MR) is 99.2 cm³/mol. The number of nitrogens with one attached hydrogen (secondary N) is 1. The normalized spacial score (nSPS) is 10.8. The maximum Gasteiger partial charge on any atom is 0.222 e. The third-order valence-corrected chi connectivity index (χ3v) is 4.37. The Kier molecular flexibility index (Phi) is 7.04. The van der Waals surface area contributed by atoms with E-state index in [4.69, 9.17) is 4.42 Å². The largest absolute Gasteiger partial charge is 0.461 e. The average Bonchev–Trinajstić information content (AvgIpc) is 2.95. The molecule has 1 heterocycles. The summed E-state index contributed by atoms with van der Waals surface area (Å²) >= 11 is 0. The summed E-state index contributed by atoms with van der Waals surface area (Å²) in [6.07, 6.45) is 4.04. The van der Waals surface area contributed by atoms with Gasteiger partial charge in [-0.2, -0.15) is 0 Å². The molecule has 0 bridgehead atoms. The van der Waals surface area contributed by atoms with Crippen LogP contribution in [0.15, 0.2) is 28.7 Å². The van der Waals surface area contributed by atoms with E-state index in [-0.39, 0.29) is 11.8 Å². The van der Waals surface area contributed by atoms with Gasteiger partial charge in [0.05, 0.1) is 0 Å². The molecule has 0 unspecified atom stereocenters. The van der Waals surface area contributed by atoms with Crippen molar-refractivity contribution in [3.63, 3.8) is 0 Å². The van der Waals surface area contributed by atoms with Crippen molar-refractivity contribution >= 4 is 22.8 Å². The highest BCUT2D eigenvalue weighted by Gasteiger charge is 2.16. The lowest BCUT2D eigenvalue weighted by molar-refractivity contribution is -0.130. The fourth-order valence-corrected chi connectivity index (χ4v) is 2.97. The summed E-state index contributed by atoms with van der Waals surface area (Å²) < 4.78 is 5.90. The van der Waals surface area contributed by atoms with Gasteiger partial charge in [0.25, 0.3) is 0 Å². The van der Waals surface area contributed by atoms with Gasteiger partial charge in [0, 0.05) is 50.9 Å². The van der Waals surface area contributed by atoms with E-state index in [1.807, 2.05) is 31.3 Å². The lowest BCUT2D eigenvalue weighted by Gasteiger charge is -2.17. The monoisotopic (exact) mass is 344 g/mol. The second-order valence-electron chi connectivity index (χ2n) is 6.40. The number of rotatable bonds is 9. The summed E-state index contributed by atoms with van der Waals surface area (Å²) in [5.74, 6) is 1.10. The minimum absolute atomic E-state index is 0.00474. The molecule has 0 aliphatic carbocycles. The molecule has 5 nitrogen and oxygen atoms in total. The minimum atomic E-state index is -0.00474. The molecule has 0 radical (unpaired) electrons. The Morgan fingerprint density at radius 3 is 2.64 bits per heavy atom. The van der Waals surface area contributed by atoms with Gasteiger partial charge in [-0.3, -0.25) is 9.59 Å². The van der Waals surface area contributed by atoms with Gasteiger partial charge in [-0.25, -0.2) is 0 Å². The third kappa shape index (κ3) is 5.34. The summed E-state index contributed by atoms with van der Waals surface area (Å²) in [6.45, 7) is 4.84. The molecule has 0 spiro atoms. The maximum atomic E-state index is 12.4. The van der Waals surface area contributed by atoms with Gasteiger partial charge in [0.15, 0.2) is 0 Å². The smallest absolute Gasteiger partial charge is 0.222 e. The first-order chi connectivity index (χ1) is 12.0. The summed E-state index contributed by atoms with van der Waals surface area (Å²) in [6, 6.07) is 7.98. The molecule has 0 saturated heterocycles. The topological polar surface area (TPSA) is 62.6 Å². The molecule has 2 aromatic rings. The molecule has 2 amide bonds. The first kappa shape index (κ1) is 19.0. The number of para-hydroxylation sites is 1. The highest BCUT2D eigenvalue weighted by molar-refractivity contribution is 5.83. The number of hydrogen-bond acceptors (Lipinski definition) is 3. The van der Waals surface area contributed by atoms with Crippen molar-refractivity contribution in [2.45, 2.75) is 52.5 Å². The first-order valence-corrected chi connectivity index (χ1v) is 9.00. The van der Waals surface area contributed by atoms with Crippen LogP contribution < -0.4 is 5.32 Å². The molecule has 0 fully saturated rings. The fourth-order valence-electron chi connectivity index (χ4n) is 2.97. The number of carbonyl (C=O) groups excluding carboxylic acids is 2. The Balaban J connectivity index is 1.86.